The van der Waals surface area contributed by atoms with Gasteiger partial charge in [-0.3, -0.25) is 19.2 Å². The van der Waals surface area contributed by atoms with Crippen LogP contribution in [0.25, 0.3) is 0 Å². The van der Waals surface area contributed by atoms with E-state index in [0.717, 1.165) is 18.6 Å². The molecule has 3 heterocycles. The number of rotatable bonds is 18. The molecule has 11 nitrogen and oxygen atoms in total. The second-order valence-electron chi connectivity index (χ2n) is 13.9. The quantitative estimate of drug-likeness (QED) is 0.104. The summed E-state index contributed by atoms with van der Waals surface area (Å²) < 4.78 is 5.48. The number of thioether (sulfide) groups is 1. The Labute approximate surface area is 260 Å². The zero-order chi connectivity index (χ0) is 32.1. The van der Waals surface area contributed by atoms with Crippen LogP contribution < -0.4 is 21.7 Å². The van der Waals surface area contributed by atoms with Gasteiger partial charge in [-0.25, -0.2) is 4.79 Å². The zero-order valence-electron chi connectivity index (χ0n) is 26.9. The first kappa shape index (κ1) is 35.1. The molecule has 0 bridgehead atoms. The summed E-state index contributed by atoms with van der Waals surface area (Å²) in [5.74, 6) is -0.546. The SMILES string of the molecule is CC(C)C[C@H](NC(=O)CCCC[C@@H]1SC[C@@H]2NC(=O)N[C@@H]21)C(=O)N([C@@H](CC(C)C)C(N)=O)[C@@H](CC(C)C)C(=O)[C@@]1(C)CO1. The second-order valence-corrected chi connectivity index (χ2v) is 15.2. The Balaban J connectivity index is 1.75. The number of amides is 5. The fourth-order valence-corrected chi connectivity index (χ4v) is 7.69. The Hall–Kier alpha value is -2.34. The van der Waals surface area contributed by atoms with E-state index in [1.807, 2.05) is 53.3 Å². The summed E-state index contributed by atoms with van der Waals surface area (Å²) in [6.45, 7) is 13.7. The normalized spacial score (nSPS) is 26.5. The Morgan fingerprint density at radius 3 is 2.16 bits per heavy atom. The van der Waals surface area contributed by atoms with E-state index in [9.17, 15) is 24.0 Å². The average molecular weight is 624 g/mol. The first-order valence-corrected chi connectivity index (χ1v) is 17.0. The third kappa shape index (κ3) is 9.57. The number of Topliss-reactive ketones (excluding diaryl/α,β-unsaturated/α-hetero) is 1. The third-order valence-corrected chi connectivity index (χ3v) is 9.97. The van der Waals surface area contributed by atoms with Crippen molar-refractivity contribution in [1.82, 2.24) is 20.9 Å². The minimum atomic E-state index is -0.996. The summed E-state index contributed by atoms with van der Waals surface area (Å²) in [5, 5.41) is 9.21. The fourth-order valence-electron chi connectivity index (χ4n) is 6.15. The van der Waals surface area contributed by atoms with E-state index in [-0.39, 0.29) is 60.6 Å². The van der Waals surface area contributed by atoms with Crippen molar-refractivity contribution in [2.75, 3.05) is 12.4 Å². The number of nitrogens with two attached hydrogens (primary N) is 1. The van der Waals surface area contributed by atoms with Gasteiger partial charge in [0.1, 0.15) is 17.7 Å². The van der Waals surface area contributed by atoms with Crippen molar-refractivity contribution in [2.45, 2.75) is 134 Å². The Morgan fingerprint density at radius 1 is 1.00 bits per heavy atom. The highest BCUT2D eigenvalue weighted by Crippen LogP contribution is 2.34. The van der Waals surface area contributed by atoms with Crippen molar-refractivity contribution in [1.29, 1.82) is 0 Å². The number of hydrogen-bond acceptors (Lipinski definition) is 7. The summed E-state index contributed by atoms with van der Waals surface area (Å²) >= 11 is 1.84. The van der Waals surface area contributed by atoms with Crippen molar-refractivity contribution in [3.63, 3.8) is 0 Å². The molecule has 244 valence electrons. The molecule has 3 fully saturated rings. The second kappa shape index (κ2) is 15.1. The molecule has 0 radical (unpaired) electrons. The lowest BCUT2D eigenvalue weighted by Gasteiger charge is -2.40. The van der Waals surface area contributed by atoms with E-state index in [0.29, 0.717) is 30.9 Å². The first-order chi connectivity index (χ1) is 20.1. The molecular formula is C31H53N5O6S. The maximum atomic E-state index is 14.4. The molecule has 12 heteroatoms. The van der Waals surface area contributed by atoms with Crippen LogP contribution >= 0.6 is 11.8 Å². The summed E-state index contributed by atoms with van der Waals surface area (Å²) in [7, 11) is 0. The monoisotopic (exact) mass is 623 g/mol. The lowest BCUT2D eigenvalue weighted by atomic mass is 9.88. The molecule has 0 aliphatic carbocycles. The summed E-state index contributed by atoms with van der Waals surface area (Å²) in [6.07, 6.45) is 3.63. The Kier molecular flexibility index (Phi) is 12.3. The van der Waals surface area contributed by atoms with Gasteiger partial charge in [-0.05, 0) is 56.8 Å². The molecule has 0 aromatic carbocycles. The van der Waals surface area contributed by atoms with Crippen LogP contribution in [0.2, 0.25) is 0 Å². The minimum absolute atomic E-state index is 0.0372. The smallest absolute Gasteiger partial charge is 0.315 e. The molecule has 5 N–H and O–H groups in total. The maximum Gasteiger partial charge on any atom is 0.315 e. The number of hydrogen-bond donors (Lipinski definition) is 4. The number of nitrogens with zero attached hydrogens (tertiary/aromatic N) is 1. The number of primary amides is 1. The van der Waals surface area contributed by atoms with Gasteiger partial charge in [-0.15, -0.1) is 0 Å². The summed E-state index contributed by atoms with van der Waals surface area (Å²) in [5.41, 5.74) is 4.90. The van der Waals surface area contributed by atoms with Crippen LogP contribution in [0.5, 0.6) is 0 Å². The lowest BCUT2D eigenvalue weighted by Crippen LogP contribution is -2.62. The number of carbonyl (C=O) groups excluding carboxylic acids is 5. The highest BCUT2D eigenvalue weighted by atomic mass is 32.2. The van der Waals surface area contributed by atoms with Crippen LogP contribution in [-0.4, -0.2) is 87.9 Å². The van der Waals surface area contributed by atoms with Crippen LogP contribution in [0.3, 0.4) is 0 Å². The number of carbonyl (C=O) groups is 5. The van der Waals surface area contributed by atoms with Crippen LogP contribution in [0, 0.1) is 17.8 Å². The molecule has 3 saturated heterocycles. The predicted molar refractivity (Wildman–Crippen MR) is 167 cm³/mol. The number of unbranched alkanes of at least 4 members (excludes halogenated alkanes) is 1. The van der Waals surface area contributed by atoms with E-state index < -0.39 is 35.5 Å². The number of fused-ring (bicyclic) bond motifs is 1. The fraction of sp³-hybridized carbons (Fsp3) is 0.839. The highest BCUT2D eigenvalue weighted by molar-refractivity contribution is 8.00. The van der Waals surface area contributed by atoms with Crippen LogP contribution in [0.4, 0.5) is 4.79 Å². The topological polar surface area (TPSA) is 163 Å². The van der Waals surface area contributed by atoms with Gasteiger partial charge in [0.25, 0.3) is 0 Å². The van der Waals surface area contributed by atoms with E-state index in [1.54, 1.807) is 6.92 Å². The molecule has 0 aromatic rings. The van der Waals surface area contributed by atoms with Crippen molar-refractivity contribution in [3.05, 3.63) is 0 Å². The molecule has 43 heavy (non-hydrogen) atoms. The maximum absolute atomic E-state index is 14.4. The number of ether oxygens (including phenoxy) is 1. The first-order valence-electron chi connectivity index (χ1n) is 15.9. The van der Waals surface area contributed by atoms with Crippen molar-refractivity contribution in [3.8, 4) is 0 Å². The Bertz CT molecular complexity index is 1030. The largest absolute Gasteiger partial charge is 0.368 e. The lowest BCUT2D eigenvalue weighted by molar-refractivity contribution is -0.151. The van der Waals surface area contributed by atoms with Gasteiger partial charge >= 0.3 is 6.03 Å². The van der Waals surface area contributed by atoms with Gasteiger partial charge in [0.05, 0.1) is 24.7 Å². The van der Waals surface area contributed by atoms with E-state index >= 15 is 0 Å². The van der Waals surface area contributed by atoms with Gasteiger partial charge in [0, 0.05) is 17.4 Å². The van der Waals surface area contributed by atoms with Crippen molar-refractivity contribution < 1.29 is 28.7 Å². The zero-order valence-corrected chi connectivity index (χ0v) is 27.8. The standard InChI is InChI=1S/C31H53N5O6S/c1-17(2)12-20(33-25(37)11-9-8-10-24-26-21(15-43-24)34-30(41)35-26)29(40)36(23(28(32)39)14-19(5)6)22(13-18(3)4)27(38)31(7)16-42-31/h17-24,26H,8-16H2,1-7H3,(H2,32,39)(H,33,37)(H2,34,35,41)/t20-,21-,22-,23-,24-,26-,31+/m0/s1. The number of ketones is 1. The average Bonchev–Trinajstić information content (AvgIpc) is 3.39. The third-order valence-electron chi connectivity index (χ3n) is 8.47. The van der Waals surface area contributed by atoms with Crippen molar-refractivity contribution >= 4 is 41.3 Å². The number of epoxide rings is 1. The van der Waals surface area contributed by atoms with Gasteiger partial charge in [0.2, 0.25) is 17.7 Å². The number of urea groups is 1. The van der Waals surface area contributed by atoms with Gasteiger partial charge < -0.3 is 31.3 Å². The van der Waals surface area contributed by atoms with E-state index in [2.05, 4.69) is 16.0 Å². The molecule has 3 aliphatic rings. The molecule has 3 aliphatic heterocycles. The molecule has 0 unspecified atom stereocenters. The molecule has 3 rings (SSSR count). The molecule has 7 atom stereocenters. The molecule has 0 aromatic heterocycles. The van der Waals surface area contributed by atoms with Crippen LogP contribution in [0.15, 0.2) is 0 Å². The molecule has 0 spiro atoms. The van der Waals surface area contributed by atoms with Crippen LogP contribution in [0.1, 0.15) is 93.4 Å². The van der Waals surface area contributed by atoms with Gasteiger partial charge in [-0.1, -0.05) is 48.0 Å². The molecule has 0 saturated carbocycles. The van der Waals surface area contributed by atoms with E-state index in [4.69, 9.17) is 10.5 Å². The van der Waals surface area contributed by atoms with Gasteiger partial charge in [-0.2, -0.15) is 11.8 Å². The summed E-state index contributed by atoms with van der Waals surface area (Å²) in [4.78, 5) is 67.3. The minimum Gasteiger partial charge on any atom is -0.368 e. The van der Waals surface area contributed by atoms with Crippen molar-refractivity contribution in [2.24, 2.45) is 23.5 Å². The van der Waals surface area contributed by atoms with E-state index in [1.165, 1.54) is 4.90 Å². The molecule has 5 amide bonds. The Morgan fingerprint density at radius 2 is 1.60 bits per heavy atom. The molecular weight excluding hydrogens is 570 g/mol. The van der Waals surface area contributed by atoms with Gasteiger partial charge in [0.15, 0.2) is 5.78 Å². The predicted octanol–water partition coefficient (Wildman–Crippen LogP) is 2.74. The number of nitrogens with one attached hydrogen (secondary N) is 3. The summed E-state index contributed by atoms with van der Waals surface area (Å²) in [6, 6.07) is -2.62. The highest BCUT2D eigenvalue weighted by Gasteiger charge is 2.53. The van der Waals surface area contributed by atoms with Crippen LogP contribution in [-0.2, 0) is 23.9 Å².